The van der Waals surface area contributed by atoms with E-state index in [2.05, 4.69) is 5.32 Å². The van der Waals surface area contributed by atoms with Gasteiger partial charge in [0.25, 0.3) is 0 Å². The molecule has 1 atom stereocenters. The number of hydrogen-bond donors (Lipinski definition) is 1. The molecule has 2 aromatic rings. The predicted molar refractivity (Wildman–Crippen MR) is 114 cm³/mol. The van der Waals surface area contributed by atoms with Gasteiger partial charge in [0, 0.05) is 18.7 Å². The molecule has 1 N–H and O–H groups in total. The Kier molecular flexibility index (Phi) is 8.93. The molecule has 0 aliphatic carbocycles. The van der Waals surface area contributed by atoms with E-state index in [-0.39, 0.29) is 24.8 Å². The van der Waals surface area contributed by atoms with Gasteiger partial charge in [-0.3, -0.25) is 9.59 Å². The Labute approximate surface area is 181 Å². The van der Waals surface area contributed by atoms with Crippen molar-refractivity contribution >= 4 is 35.0 Å². The number of nitrogens with zero attached hydrogens (tertiary/aromatic N) is 1. The van der Waals surface area contributed by atoms with Gasteiger partial charge in [-0.1, -0.05) is 60.8 Å². The fourth-order valence-corrected chi connectivity index (χ4v) is 3.18. The number of rotatable bonds is 9. The lowest BCUT2D eigenvalue weighted by molar-refractivity contribution is -0.140. The van der Waals surface area contributed by atoms with E-state index >= 15 is 0 Å². The standard InChI is InChI=1S/C22H25Cl2FN2O2/c1-3-4-11-26-22(29)15(2)27(14-17-7-5-6-8-20(17)25)21(28)13-16-9-10-18(23)19(24)12-16/h5-10,12,15H,3-4,11,13-14H2,1-2H3,(H,26,29). The molecule has 0 fully saturated rings. The third-order valence-electron chi connectivity index (χ3n) is 4.63. The van der Waals surface area contributed by atoms with E-state index in [0.29, 0.717) is 27.7 Å². The van der Waals surface area contributed by atoms with Crippen LogP contribution in [0.2, 0.25) is 10.0 Å². The highest BCUT2D eigenvalue weighted by atomic mass is 35.5. The maximum Gasteiger partial charge on any atom is 0.242 e. The van der Waals surface area contributed by atoms with Crippen LogP contribution in [0.5, 0.6) is 0 Å². The van der Waals surface area contributed by atoms with Gasteiger partial charge in [-0.05, 0) is 37.1 Å². The fraction of sp³-hybridized carbons (Fsp3) is 0.364. The monoisotopic (exact) mass is 438 g/mol. The van der Waals surface area contributed by atoms with Crippen LogP contribution in [-0.2, 0) is 22.6 Å². The van der Waals surface area contributed by atoms with Crippen LogP contribution in [0.1, 0.15) is 37.8 Å². The van der Waals surface area contributed by atoms with E-state index in [1.165, 1.54) is 11.0 Å². The molecule has 7 heteroatoms. The van der Waals surface area contributed by atoms with Crippen LogP contribution >= 0.6 is 23.2 Å². The number of carbonyl (C=O) groups excluding carboxylic acids is 2. The van der Waals surface area contributed by atoms with Crippen LogP contribution in [-0.4, -0.2) is 29.3 Å². The second-order valence-corrected chi connectivity index (χ2v) is 7.67. The molecule has 1 unspecified atom stereocenters. The van der Waals surface area contributed by atoms with Gasteiger partial charge in [0.2, 0.25) is 11.8 Å². The van der Waals surface area contributed by atoms with Crippen LogP contribution in [0.25, 0.3) is 0 Å². The maximum absolute atomic E-state index is 14.2. The van der Waals surface area contributed by atoms with Gasteiger partial charge < -0.3 is 10.2 Å². The molecule has 29 heavy (non-hydrogen) atoms. The SMILES string of the molecule is CCCCNC(=O)C(C)N(Cc1ccccc1F)C(=O)Cc1ccc(Cl)c(Cl)c1. The molecule has 4 nitrogen and oxygen atoms in total. The number of benzene rings is 2. The smallest absolute Gasteiger partial charge is 0.242 e. The molecule has 2 rings (SSSR count). The zero-order chi connectivity index (χ0) is 21.4. The molecule has 0 aliphatic rings. The largest absolute Gasteiger partial charge is 0.354 e. The lowest BCUT2D eigenvalue weighted by atomic mass is 10.1. The van der Waals surface area contributed by atoms with Gasteiger partial charge in [0.15, 0.2) is 0 Å². The maximum atomic E-state index is 14.2. The normalized spacial score (nSPS) is 11.8. The summed E-state index contributed by atoms with van der Waals surface area (Å²) in [6.07, 6.45) is 1.82. The van der Waals surface area contributed by atoms with Crippen molar-refractivity contribution in [1.82, 2.24) is 10.2 Å². The number of halogens is 3. The Balaban J connectivity index is 2.22. The lowest BCUT2D eigenvalue weighted by Crippen LogP contribution is -2.48. The quantitative estimate of drug-likeness (QED) is 0.559. The molecule has 0 heterocycles. The molecule has 2 aromatic carbocycles. The van der Waals surface area contributed by atoms with Crippen molar-refractivity contribution in [2.24, 2.45) is 0 Å². The van der Waals surface area contributed by atoms with E-state index in [1.807, 2.05) is 6.92 Å². The molecular formula is C22H25Cl2FN2O2. The summed E-state index contributed by atoms with van der Waals surface area (Å²) in [5, 5.41) is 3.58. The first-order chi connectivity index (χ1) is 13.8. The van der Waals surface area contributed by atoms with E-state index in [1.54, 1.807) is 43.3 Å². The van der Waals surface area contributed by atoms with Gasteiger partial charge >= 0.3 is 0 Å². The summed E-state index contributed by atoms with van der Waals surface area (Å²) in [6.45, 7) is 4.21. The van der Waals surface area contributed by atoms with Gasteiger partial charge in [0.05, 0.1) is 16.5 Å². The average molecular weight is 439 g/mol. The molecule has 156 valence electrons. The molecule has 0 saturated heterocycles. The third-order valence-corrected chi connectivity index (χ3v) is 5.37. The summed E-state index contributed by atoms with van der Waals surface area (Å²) in [7, 11) is 0. The molecule has 0 aliphatic heterocycles. The second-order valence-electron chi connectivity index (χ2n) is 6.86. The van der Waals surface area contributed by atoms with Crippen molar-refractivity contribution in [3.63, 3.8) is 0 Å². The minimum Gasteiger partial charge on any atom is -0.354 e. The Morgan fingerprint density at radius 2 is 1.86 bits per heavy atom. The summed E-state index contributed by atoms with van der Waals surface area (Å²) in [5.41, 5.74) is 1.02. The molecule has 0 spiro atoms. The number of unbranched alkanes of at least 4 members (excludes halogenated alkanes) is 1. The van der Waals surface area contributed by atoms with Crippen molar-refractivity contribution in [2.75, 3.05) is 6.54 Å². The highest BCUT2D eigenvalue weighted by Gasteiger charge is 2.26. The zero-order valence-corrected chi connectivity index (χ0v) is 18.1. The highest BCUT2D eigenvalue weighted by Crippen LogP contribution is 2.23. The van der Waals surface area contributed by atoms with Crippen LogP contribution in [0.3, 0.4) is 0 Å². The Bertz CT molecular complexity index is 860. The van der Waals surface area contributed by atoms with E-state index in [9.17, 15) is 14.0 Å². The average Bonchev–Trinajstić information content (AvgIpc) is 2.69. The van der Waals surface area contributed by atoms with Crippen LogP contribution in [0.15, 0.2) is 42.5 Å². The molecule has 0 bridgehead atoms. The van der Waals surface area contributed by atoms with Crippen molar-refractivity contribution in [3.05, 3.63) is 69.5 Å². The second kappa shape index (κ2) is 11.2. The Morgan fingerprint density at radius 3 is 2.52 bits per heavy atom. The summed E-state index contributed by atoms with van der Waals surface area (Å²) in [4.78, 5) is 27.0. The van der Waals surface area contributed by atoms with Gasteiger partial charge in [-0.15, -0.1) is 0 Å². The molecule has 0 saturated carbocycles. The van der Waals surface area contributed by atoms with Crippen molar-refractivity contribution in [2.45, 2.75) is 45.7 Å². The first kappa shape index (κ1) is 23.2. The summed E-state index contributed by atoms with van der Waals surface area (Å²) in [6, 6.07) is 10.4. The Hall–Kier alpha value is -2.11. The van der Waals surface area contributed by atoms with E-state index in [4.69, 9.17) is 23.2 Å². The third kappa shape index (κ3) is 6.72. The summed E-state index contributed by atoms with van der Waals surface area (Å²) < 4.78 is 14.2. The van der Waals surface area contributed by atoms with Crippen LogP contribution < -0.4 is 5.32 Å². The summed E-state index contributed by atoms with van der Waals surface area (Å²) in [5.74, 6) is -0.986. The number of carbonyl (C=O) groups is 2. The first-order valence-electron chi connectivity index (χ1n) is 9.58. The topological polar surface area (TPSA) is 49.4 Å². The van der Waals surface area contributed by atoms with Crippen LogP contribution in [0.4, 0.5) is 4.39 Å². The lowest BCUT2D eigenvalue weighted by Gasteiger charge is -2.29. The number of nitrogens with one attached hydrogen (secondary N) is 1. The van der Waals surface area contributed by atoms with Crippen molar-refractivity contribution in [1.29, 1.82) is 0 Å². The zero-order valence-electron chi connectivity index (χ0n) is 16.6. The van der Waals surface area contributed by atoms with Gasteiger partial charge in [-0.25, -0.2) is 4.39 Å². The van der Waals surface area contributed by atoms with Crippen molar-refractivity contribution in [3.8, 4) is 0 Å². The van der Waals surface area contributed by atoms with E-state index < -0.39 is 11.9 Å². The van der Waals surface area contributed by atoms with E-state index in [0.717, 1.165) is 12.8 Å². The molecule has 0 radical (unpaired) electrons. The van der Waals surface area contributed by atoms with Crippen LogP contribution in [0, 0.1) is 5.82 Å². The number of amides is 2. The minimum atomic E-state index is -0.748. The van der Waals surface area contributed by atoms with Crippen molar-refractivity contribution < 1.29 is 14.0 Å². The summed E-state index contributed by atoms with van der Waals surface area (Å²) >= 11 is 12.0. The van der Waals surface area contributed by atoms with Gasteiger partial charge in [-0.2, -0.15) is 0 Å². The Morgan fingerprint density at radius 1 is 1.14 bits per heavy atom. The highest BCUT2D eigenvalue weighted by molar-refractivity contribution is 6.42. The minimum absolute atomic E-state index is 0.00477. The fourth-order valence-electron chi connectivity index (χ4n) is 2.85. The molecule has 2 amide bonds. The van der Waals surface area contributed by atoms with Gasteiger partial charge in [0.1, 0.15) is 11.9 Å². The first-order valence-corrected chi connectivity index (χ1v) is 10.3. The predicted octanol–water partition coefficient (Wildman–Crippen LogP) is 5.01. The molecular weight excluding hydrogens is 414 g/mol. The number of hydrogen-bond acceptors (Lipinski definition) is 2. The molecule has 0 aromatic heterocycles.